The molecule has 1 atom stereocenters. The van der Waals surface area contributed by atoms with E-state index in [1.807, 2.05) is 0 Å². The van der Waals surface area contributed by atoms with Gasteiger partial charge in [0.15, 0.2) is 0 Å². The van der Waals surface area contributed by atoms with E-state index in [9.17, 15) is 0 Å². The van der Waals surface area contributed by atoms with E-state index in [1.54, 1.807) is 0 Å². The van der Waals surface area contributed by atoms with E-state index in [4.69, 9.17) is 0 Å². The van der Waals surface area contributed by atoms with Crippen molar-refractivity contribution in [3.05, 3.63) is 0 Å². The quantitative estimate of drug-likeness (QED) is 0.744. The minimum Gasteiger partial charge on any atom is -0.316 e. The molecule has 112 valence electrons. The monoisotopic (exact) mass is 267 g/mol. The van der Waals surface area contributed by atoms with Gasteiger partial charge in [-0.3, -0.25) is 4.90 Å². The normalized spacial score (nSPS) is 26.4. The smallest absolute Gasteiger partial charge is 0.0223 e. The van der Waals surface area contributed by atoms with E-state index in [0.717, 1.165) is 19.1 Å². The van der Waals surface area contributed by atoms with Crippen molar-refractivity contribution in [3.8, 4) is 0 Å². The fourth-order valence-corrected chi connectivity index (χ4v) is 3.69. The Hall–Kier alpha value is -0.120. The first kappa shape index (κ1) is 15.3. The van der Waals surface area contributed by atoms with Crippen molar-refractivity contribution >= 4 is 0 Å². The molecule has 0 aromatic rings. The summed E-state index contributed by atoms with van der Waals surface area (Å²) in [6, 6.07) is 0.849. The highest BCUT2D eigenvalue weighted by Gasteiger charge is 2.30. The van der Waals surface area contributed by atoms with Crippen molar-refractivity contribution < 1.29 is 0 Å². The third kappa shape index (κ3) is 4.73. The average Bonchev–Trinajstić information content (AvgIpc) is 2.68. The average molecular weight is 267 g/mol. The molecule has 0 saturated carbocycles. The van der Waals surface area contributed by atoms with Gasteiger partial charge in [0.05, 0.1) is 0 Å². The highest BCUT2D eigenvalue weighted by molar-refractivity contribution is 4.87. The van der Waals surface area contributed by atoms with Gasteiger partial charge in [0, 0.05) is 25.7 Å². The first-order chi connectivity index (χ1) is 9.11. The molecule has 2 rings (SSSR count). The van der Waals surface area contributed by atoms with Crippen molar-refractivity contribution in [2.45, 2.75) is 52.5 Å². The molecule has 0 spiro atoms. The van der Waals surface area contributed by atoms with E-state index >= 15 is 0 Å². The molecule has 2 heterocycles. The number of rotatable bonds is 6. The lowest BCUT2D eigenvalue weighted by molar-refractivity contribution is 0.159. The molecular formula is C16H33N3. The van der Waals surface area contributed by atoms with Gasteiger partial charge in [0.2, 0.25) is 0 Å². The van der Waals surface area contributed by atoms with Crippen LogP contribution in [0, 0.1) is 5.41 Å². The maximum atomic E-state index is 3.59. The second-order valence-electron chi connectivity index (χ2n) is 7.26. The maximum Gasteiger partial charge on any atom is 0.0223 e. The summed E-state index contributed by atoms with van der Waals surface area (Å²) in [7, 11) is 0. The molecule has 0 radical (unpaired) electrons. The highest BCUT2D eigenvalue weighted by atomic mass is 15.3. The van der Waals surface area contributed by atoms with Crippen LogP contribution in [-0.4, -0.2) is 61.7 Å². The van der Waals surface area contributed by atoms with Gasteiger partial charge in [-0.25, -0.2) is 0 Å². The number of fused-ring (bicyclic) bond motifs is 1. The van der Waals surface area contributed by atoms with Crippen LogP contribution >= 0.6 is 0 Å². The number of nitrogens with one attached hydrogen (secondary N) is 1. The molecule has 2 fully saturated rings. The first-order valence-electron chi connectivity index (χ1n) is 8.28. The summed E-state index contributed by atoms with van der Waals surface area (Å²) < 4.78 is 0. The summed E-state index contributed by atoms with van der Waals surface area (Å²) in [5.74, 6) is 0. The minimum atomic E-state index is 0.392. The fraction of sp³-hybridized carbons (Fsp3) is 1.00. The Kier molecular flexibility index (Phi) is 5.67. The van der Waals surface area contributed by atoms with Gasteiger partial charge in [-0.2, -0.15) is 0 Å². The molecular weight excluding hydrogens is 234 g/mol. The molecule has 19 heavy (non-hydrogen) atoms. The Balaban J connectivity index is 1.80. The van der Waals surface area contributed by atoms with Gasteiger partial charge < -0.3 is 10.2 Å². The van der Waals surface area contributed by atoms with Gasteiger partial charge in [-0.15, -0.1) is 0 Å². The van der Waals surface area contributed by atoms with E-state index in [2.05, 4.69) is 35.9 Å². The van der Waals surface area contributed by atoms with Crippen molar-refractivity contribution in [2.24, 2.45) is 5.41 Å². The Bertz CT molecular complexity index is 265. The van der Waals surface area contributed by atoms with E-state index < -0.39 is 0 Å². The van der Waals surface area contributed by atoms with E-state index in [1.165, 1.54) is 58.4 Å². The number of nitrogens with zero attached hydrogens (tertiary/aromatic N) is 2. The maximum absolute atomic E-state index is 3.59. The summed E-state index contributed by atoms with van der Waals surface area (Å²) in [6.45, 7) is 15.9. The second-order valence-corrected chi connectivity index (χ2v) is 7.26. The minimum absolute atomic E-state index is 0.392. The van der Waals surface area contributed by atoms with Crippen LogP contribution in [0.1, 0.15) is 46.5 Å². The lowest BCUT2D eigenvalue weighted by Gasteiger charge is -2.33. The van der Waals surface area contributed by atoms with Gasteiger partial charge in [-0.1, -0.05) is 20.8 Å². The van der Waals surface area contributed by atoms with Crippen LogP contribution in [-0.2, 0) is 0 Å². The Morgan fingerprint density at radius 1 is 1.16 bits per heavy atom. The molecule has 0 amide bonds. The van der Waals surface area contributed by atoms with Crippen molar-refractivity contribution in [3.63, 3.8) is 0 Å². The summed E-state index contributed by atoms with van der Waals surface area (Å²) in [6.07, 6.45) is 5.43. The summed E-state index contributed by atoms with van der Waals surface area (Å²) in [5, 5.41) is 3.59. The van der Waals surface area contributed by atoms with Gasteiger partial charge in [0.25, 0.3) is 0 Å². The SMILES string of the molecule is CCCNCC(C)(C)CN1CCCN2CCCC2C1. The van der Waals surface area contributed by atoms with E-state index in [0.29, 0.717) is 5.41 Å². The standard InChI is InChI=1S/C16H33N3/c1-4-8-17-13-16(2,3)14-18-9-6-11-19-10-5-7-15(19)12-18/h15,17H,4-14H2,1-3H3. The highest BCUT2D eigenvalue weighted by Crippen LogP contribution is 2.24. The molecule has 2 saturated heterocycles. The zero-order valence-electron chi connectivity index (χ0n) is 13.2. The third-order valence-corrected chi connectivity index (χ3v) is 4.57. The second kappa shape index (κ2) is 7.05. The summed E-state index contributed by atoms with van der Waals surface area (Å²) in [5.41, 5.74) is 0.392. The molecule has 0 aliphatic carbocycles. The molecule has 2 aliphatic rings. The molecule has 2 aliphatic heterocycles. The van der Waals surface area contributed by atoms with Crippen LogP contribution in [0.5, 0.6) is 0 Å². The zero-order valence-corrected chi connectivity index (χ0v) is 13.2. The molecule has 0 bridgehead atoms. The van der Waals surface area contributed by atoms with Crippen LogP contribution < -0.4 is 5.32 Å². The van der Waals surface area contributed by atoms with Crippen molar-refractivity contribution in [1.82, 2.24) is 15.1 Å². The topological polar surface area (TPSA) is 18.5 Å². The Labute approximate surface area is 119 Å². The van der Waals surface area contributed by atoms with Crippen LogP contribution in [0.25, 0.3) is 0 Å². The van der Waals surface area contributed by atoms with Crippen LogP contribution in [0.15, 0.2) is 0 Å². The first-order valence-corrected chi connectivity index (χ1v) is 8.28. The number of hydrogen-bond donors (Lipinski definition) is 1. The van der Waals surface area contributed by atoms with E-state index in [-0.39, 0.29) is 0 Å². The van der Waals surface area contributed by atoms with Crippen molar-refractivity contribution in [1.29, 1.82) is 0 Å². The lowest BCUT2D eigenvalue weighted by Crippen LogP contribution is -2.44. The molecule has 1 unspecified atom stereocenters. The lowest BCUT2D eigenvalue weighted by atomic mass is 9.92. The van der Waals surface area contributed by atoms with Crippen molar-refractivity contribution in [2.75, 3.05) is 45.8 Å². The summed E-state index contributed by atoms with van der Waals surface area (Å²) >= 11 is 0. The van der Waals surface area contributed by atoms with Gasteiger partial charge in [-0.05, 0) is 57.3 Å². The van der Waals surface area contributed by atoms with Crippen LogP contribution in [0.3, 0.4) is 0 Å². The fourth-order valence-electron chi connectivity index (χ4n) is 3.69. The Morgan fingerprint density at radius 2 is 1.95 bits per heavy atom. The molecule has 0 aromatic heterocycles. The molecule has 0 aromatic carbocycles. The molecule has 1 N–H and O–H groups in total. The number of hydrogen-bond acceptors (Lipinski definition) is 3. The molecule has 3 heteroatoms. The van der Waals surface area contributed by atoms with Crippen LogP contribution in [0.2, 0.25) is 0 Å². The largest absolute Gasteiger partial charge is 0.316 e. The summed E-state index contributed by atoms with van der Waals surface area (Å²) in [4.78, 5) is 5.45. The zero-order chi connectivity index (χ0) is 13.7. The predicted octanol–water partition coefficient (Wildman–Crippen LogP) is 2.18. The van der Waals surface area contributed by atoms with Gasteiger partial charge >= 0.3 is 0 Å². The predicted molar refractivity (Wildman–Crippen MR) is 82.6 cm³/mol. The van der Waals surface area contributed by atoms with Crippen LogP contribution in [0.4, 0.5) is 0 Å². The molecule has 3 nitrogen and oxygen atoms in total. The Morgan fingerprint density at radius 3 is 2.74 bits per heavy atom. The third-order valence-electron chi connectivity index (χ3n) is 4.57. The van der Waals surface area contributed by atoms with Gasteiger partial charge in [0.1, 0.15) is 0 Å².